The zero-order chi connectivity index (χ0) is 10.1. The van der Waals surface area contributed by atoms with Crippen molar-refractivity contribution in [2.75, 3.05) is 5.73 Å². The molecule has 0 aliphatic heterocycles. The molecule has 72 valence electrons. The molecule has 0 aliphatic rings. The predicted octanol–water partition coefficient (Wildman–Crippen LogP) is 1.23. The standard InChI is InChI=1S/C7H8F3N3/c8-7(9,10)6(12)4-1-2-5(11)13-3-4/h1-3,6H,12H2,(H2,11,13). The van der Waals surface area contributed by atoms with E-state index >= 15 is 0 Å². The van der Waals surface area contributed by atoms with Crippen molar-refractivity contribution in [3.63, 3.8) is 0 Å². The number of aromatic nitrogens is 1. The van der Waals surface area contributed by atoms with E-state index in [1.54, 1.807) is 0 Å². The highest BCUT2D eigenvalue weighted by atomic mass is 19.4. The summed E-state index contributed by atoms with van der Waals surface area (Å²) >= 11 is 0. The van der Waals surface area contributed by atoms with Gasteiger partial charge in [-0.15, -0.1) is 0 Å². The summed E-state index contributed by atoms with van der Waals surface area (Å²) in [4.78, 5) is 3.51. The third-order valence-corrected chi connectivity index (χ3v) is 1.52. The van der Waals surface area contributed by atoms with Gasteiger partial charge in [0.1, 0.15) is 11.9 Å². The van der Waals surface area contributed by atoms with Crippen LogP contribution < -0.4 is 11.5 Å². The van der Waals surface area contributed by atoms with Gasteiger partial charge in [-0.3, -0.25) is 0 Å². The number of nitrogens with zero attached hydrogens (tertiary/aromatic N) is 1. The number of nitrogen functional groups attached to an aromatic ring is 1. The Morgan fingerprint density at radius 3 is 2.31 bits per heavy atom. The number of pyridine rings is 1. The summed E-state index contributed by atoms with van der Waals surface area (Å²) in [6.07, 6.45) is -3.43. The van der Waals surface area contributed by atoms with Gasteiger partial charge in [-0.1, -0.05) is 6.07 Å². The second kappa shape index (κ2) is 3.21. The van der Waals surface area contributed by atoms with Crippen LogP contribution >= 0.6 is 0 Å². The SMILES string of the molecule is Nc1ccc(C(N)C(F)(F)F)cn1. The van der Waals surface area contributed by atoms with Crippen LogP contribution in [-0.2, 0) is 0 Å². The maximum atomic E-state index is 12.1. The maximum Gasteiger partial charge on any atom is 0.407 e. The predicted molar refractivity (Wildman–Crippen MR) is 41.6 cm³/mol. The van der Waals surface area contributed by atoms with E-state index < -0.39 is 12.2 Å². The first-order valence-electron chi connectivity index (χ1n) is 3.45. The Bertz CT molecular complexity index is 280. The molecule has 1 aromatic heterocycles. The van der Waals surface area contributed by atoms with Crippen molar-refractivity contribution >= 4 is 5.82 Å². The molecule has 1 rings (SSSR count). The van der Waals surface area contributed by atoms with Gasteiger partial charge in [0.2, 0.25) is 0 Å². The third-order valence-electron chi connectivity index (χ3n) is 1.52. The molecule has 0 spiro atoms. The summed E-state index contributed by atoms with van der Waals surface area (Å²) < 4.78 is 36.2. The van der Waals surface area contributed by atoms with E-state index in [0.717, 1.165) is 6.20 Å². The molecule has 0 radical (unpaired) electrons. The second-order valence-corrected chi connectivity index (χ2v) is 2.54. The fraction of sp³-hybridized carbons (Fsp3) is 0.286. The Kier molecular flexibility index (Phi) is 2.42. The Morgan fingerprint density at radius 2 is 1.92 bits per heavy atom. The molecule has 1 unspecified atom stereocenters. The van der Waals surface area contributed by atoms with Crippen LogP contribution in [0.4, 0.5) is 19.0 Å². The Balaban J connectivity index is 2.90. The molecule has 13 heavy (non-hydrogen) atoms. The fourth-order valence-corrected chi connectivity index (χ4v) is 0.790. The van der Waals surface area contributed by atoms with Crippen LogP contribution in [-0.4, -0.2) is 11.2 Å². The topological polar surface area (TPSA) is 64.9 Å². The molecule has 0 aromatic carbocycles. The highest BCUT2D eigenvalue weighted by molar-refractivity contribution is 5.30. The lowest BCUT2D eigenvalue weighted by molar-refractivity contribution is -0.149. The minimum Gasteiger partial charge on any atom is -0.384 e. The van der Waals surface area contributed by atoms with E-state index in [2.05, 4.69) is 4.98 Å². The van der Waals surface area contributed by atoms with Gasteiger partial charge in [0.05, 0.1) is 0 Å². The van der Waals surface area contributed by atoms with Gasteiger partial charge in [0.25, 0.3) is 0 Å². The number of alkyl halides is 3. The van der Waals surface area contributed by atoms with Crippen molar-refractivity contribution in [2.45, 2.75) is 12.2 Å². The molecule has 1 aromatic rings. The van der Waals surface area contributed by atoms with Gasteiger partial charge in [0.15, 0.2) is 0 Å². The van der Waals surface area contributed by atoms with Crippen LogP contribution in [0.2, 0.25) is 0 Å². The lowest BCUT2D eigenvalue weighted by Crippen LogP contribution is -2.28. The van der Waals surface area contributed by atoms with Crippen molar-refractivity contribution in [1.29, 1.82) is 0 Å². The van der Waals surface area contributed by atoms with Gasteiger partial charge < -0.3 is 11.5 Å². The molecule has 0 saturated heterocycles. The van der Waals surface area contributed by atoms with E-state index in [9.17, 15) is 13.2 Å². The summed E-state index contributed by atoms with van der Waals surface area (Å²) in [5.41, 5.74) is 10.0. The van der Waals surface area contributed by atoms with E-state index in [1.165, 1.54) is 12.1 Å². The van der Waals surface area contributed by atoms with Crippen LogP contribution in [0.3, 0.4) is 0 Å². The average Bonchev–Trinajstić information content (AvgIpc) is 2.03. The zero-order valence-electron chi connectivity index (χ0n) is 6.55. The van der Waals surface area contributed by atoms with Gasteiger partial charge in [-0.25, -0.2) is 4.98 Å². The Morgan fingerprint density at radius 1 is 1.31 bits per heavy atom. The first kappa shape index (κ1) is 9.79. The smallest absolute Gasteiger partial charge is 0.384 e. The number of hydrogen-bond acceptors (Lipinski definition) is 3. The molecule has 1 atom stereocenters. The van der Waals surface area contributed by atoms with Crippen LogP contribution in [0.25, 0.3) is 0 Å². The van der Waals surface area contributed by atoms with Crippen LogP contribution in [0.1, 0.15) is 11.6 Å². The number of anilines is 1. The molecule has 0 amide bonds. The highest BCUT2D eigenvalue weighted by Gasteiger charge is 2.37. The summed E-state index contributed by atoms with van der Waals surface area (Å²) in [5, 5.41) is 0. The number of hydrogen-bond donors (Lipinski definition) is 2. The number of rotatable bonds is 1. The third kappa shape index (κ3) is 2.32. The van der Waals surface area contributed by atoms with Crippen molar-refractivity contribution < 1.29 is 13.2 Å². The van der Waals surface area contributed by atoms with Crippen LogP contribution in [0.15, 0.2) is 18.3 Å². The lowest BCUT2D eigenvalue weighted by atomic mass is 10.1. The minimum atomic E-state index is -4.45. The van der Waals surface area contributed by atoms with Crippen molar-refractivity contribution in [2.24, 2.45) is 5.73 Å². The average molecular weight is 191 g/mol. The molecule has 4 N–H and O–H groups in total. The molecular weight excluding hydrogens is 183 g/mol. The zero-order valence-corrected chi connectivity index (χ0v) is 6.55. The van der Waals surface area contributed by atoms with Gasteiger partial charge in [-0.05, 0) is 11.6 Å². The molecule has 0 aliphatic carbocycles. The summed E-state index contributed by atoms with van der Waals surface area (Å²) in [6, 6.07) is 0.488. The van der Waals surface area contributed by atoms with Crippen molar-refractivity contribution in [1.82, 2.24) is 4.98 Å². The van der Waals surface area contributed by atoms with E-state index in [-0.39, 0.29) is 11.4 Å². The number of nitrogens with two attached hydrogens (primary N) is 2. The lowest BCUT2D eigenvalue weighted by Gasteiger charge is -2.15. The van der Waals surface area contributed by atoms with Gasteiger partial charge in [0, 0.05) is 6.20 Å². The minimum absolute atomic E-state index is 0.0956. The quantitative estimate of drug-likeness (QED) is 0.701. The largest absolute Gasteiger partial charge is 0.407 e. The molecule has 0 saturated carbocycles. The highest BCUT2D eigenvalue weighted by Crippen LogP contribution is 2.29. The fourth-order valence-electron chi connectivity index (χ4n) is 0.790. The monoisotopic (exact) mass is 191 g/mol. The number of halogens is 3. The molecule has 0 fully saturated rings. The van der Waals surface area contributed by atoms with Crippen molar-refractivity contribution in [3.8, 4) is 0 Å². The van der Waals surface area contributed by atoms with Crippen LogP contribution in [0.5, 0.6) is 0 Å². The Hall–Kier alpha value is -1.30. The molecular formula is C7H8F3N3. The Labute approximate surface area is 72.6 Å². The first-order chi connectivity index (χ1) is 5.91. The first-order valence-corrected chi connectivity index (χ1v) is 3.45. The molecule has 1 heterocycles. The van der Waals surface area contributed by atoms with E-state index in [0.29, 0.717) is 0 Å². The summed E-state index contributed by atoms with van der Waals surface area (Å²) in [7, 11) is 0. The van der Waals surface area contributed by atoms with Crippen LogP contribution in [0, 0.1) is 0 Å². The normalized spacial score (nSPS) is 14.2. The summed E-state index contributed by atoms with van der Waals surface area (Å²) in [6.45, 7) is 0. The summed E-state index contributed by atoms with van der Waals surface area (Å²) in [5.74, 6) is 0.165. The molecule has 0 bridgehead atoms. The molecule has 6 heteroatoms. The van der Waals surface area contributed by atoms with E-state index in [4.69, 9.17) is 11.5 Å². The van der Waals surface area contributed by atoms with Gasteiger partial charge >= 0.3 is 6.18 Å². The molecule has 3 nitrogen and oxygen atoms in total. The van der Waals surface area contributed by atoms with E-state index in [1.807, 2.05) is 0 Å². The maximum absolute atomic E-state index is 12.1. The second-order valence-electron chi connectivity index (χ2n) is 2.54. The van der Waals surface area contributed by atoms with Gasteiger partial charge in [-0.2, -0.15) is 13.2 Å². The van der Waals surface area contributed by atoms with Crippen molar-refractivity contribution in [3.05, 3.63) is 23.9 Å².